The molecule has 1 saturated heterocycles. The Kier molecular flexibility index (Phi) is 2.28. The van der Waals surface area contributed by atoms with Gasteiger partial charge in [0.2, 0.25) is 0 Å². The summed E-state index contributed by atoms with van der Waals surface area (Å²) < 4.78 is 15.3. The largest absolute Gasteiger partial charge is 0.326 e. The highest BCUT2D eigenvalue weighted by Gasteiger charge is 2.22. The number of imidazole rings is 1. The number of nitrogens with one attached hydrogen (secondary N) is 1. The molecule has 1 aromatic heterocycles. The van der Waals surface area contributed by atoms with E-state index >= 15 is 0 Å². The van der Waals surface area contributed by atoms with Gasteiger partial charge in [0.15, 0.2) is 0 Å². The molecule has 0 spiro atoms. The molecule has 3 nitrogen and oxygen atoms in total. The Balaban J connectivity index is 2.29. The second-order valence-corrected chi connectivity index (χ2v) is 5.10. The maximum atomic E-state index is 13.7. The zero-order valence-electron chi connectivity index (χ0n) is 8.57. The average molecular weight is 238 g/mol. The highest BCUT2D eigenvalue weighted by Crippen LogP contribution is 2.29. The van der Waals surface area contributed by atoms with E-state index in [0.29, 0.717) is 11.0 Å². The number of halogens is 1. The number of fused-ring (bicyclic) bond motifs is 1. The number of para-hydroxylation sites is 1. The van der Waals surface area contributed by atoms with Crippen LogP contribution in [0.15, 0.2) is 23.0 Å². The number of nitrogens with zero attached hydrogens (tertiary/aromatic N) is 1. The highest BCUT2D eigenvalue weighted by molar-refractivity contribution is 7.99. The summed E-state index contributed by atoms with van der Waals surface area (Å²) in [6.07, 6.45) is 0.936. The molecular formula is C11H11FN2OS. The first kappa shape index (κ1) is 9.96. The van der Waals surface area contributed by atoms with E-state index in [-0.39, 0.29) is 17.5 Å². The summed E-state index contributed by atoms with van der Waals surface area (Å²) in [5.41, 5.74) is 0.800. The summed E-state index contributed by atoms with van der Waals surface area (Å²) in [6.45, 7) is 0. The summed E-state index contributed by atoms with van der Waals surface area (Å²) in [6, 6.07) is 4.87. The molecule has 0 saturated carbocycles. The summed E-state index contributed by atoms with van der Waals surface area (Å²) in [4.78, 5) is 14.5. The van der Waals surface area contributed by atoms with E-state index in [1.807, 2.05) is 11.8 Å². The van der Waals surface area contributed by atoms with Gasteiger partial charge in [-0.05, 0) is 24.3 Å². The van der Waals surface area contributed by atoms with Gasteiger partial charge in [-0.3, -0.25) is 4.57 Å². The van der Waals surface area contributed by atoms with Gasteiger partial charge in [-0.15, -0.1) is 0 Å². The van der Waals surface area contributed by atoms with Crippen molar-refractivity contribution in [1.82, 2.24) is 9.55 Å². The van der Waals surface area contributed by atoms with Crippen molar-refractivity contribution >= 4 is 22.8 Å². The molecule has 16 heavy (non-hydrogen) atoms. The lowest BCUT2D eigenvalue weighted by Crippen LogP contribution is -2.22. The fourth-order valence-corrected chi connectivity index (χ4v) is 3.41. The van der Waals surface area contributed by atoms with Crippen LogP contribution in [0.3, 0.4) is 0 Å². The van der Waals surface area contributed by atoms with Crippen molar-refractivity contribution in [3.8, 4) is 0 Å². The van der Waals surface area contributed by atoms with E-state index in [2.05, 4.69) is 4.98 Å². The Hall–Kier alpha value is -1.23. The van der Waals surface area contributed by atoms with Gasteiger partial charge in [-0.2, -0.15) is 11.8 Å². The van der Waals surface area contributed by atoms with Gasteiger partial charge in [0, 0.05) is 11.8 Å². The smallest absolute Gasteiger partial charge is 0.305 e. The zero-order chi connectivity index (χ0) is 11.1. The van der Waals surface area contributed by atoms with Crippen LogP contribution in [-0.2, 0) is 0 Å². The first-order valence-electron chi connectivity index (χ1n) is 5.24. The molecule has 1 atom stereocenters. The van der Waals surface area contributed by atoms with Crippen molar-refractivity contribution in [2.45, 2.75) is 12.5 Å². The lowest BCUT2D eigenvalue weighted by molar-refractivity contribution is 0.544. The molecule has 1 aromatic carbocycles. The van der Waals surface area contributed by atoms with Crippen LogP contribution in [0, 0.1) is 5.82 Å². The monoisotopic (exact) mass is 238 g/mol. The molecule has 0 aliphatic carbocycles. The molecule has 3 rings (SSSR count). The van der Waals surface area contributed by atoms with Crippen LogP contribution in [0.1, 0.15) is 12.5 Å². The SMILES string of the molecule is O=c1[nH]c2cccc(F)c2n1C1CCSC1. The minimum absolute atomic E-state index is 0.128. The van der Waals surface area contributed by atoms with Crippen LogP contribution < -0.4 is 5.69 Å². The lowest BCUT2D eigenvalue weighted by atomic mass is 10.2. The summed E-state index contributed by atoms with van der Waals surface area (Å²) in [5.74, 6) is 1.60. The van der Waals surface area contributed by atoms with Crippen LogP contribution in [0.5, 0.6) is 0 Å². The molecule has 0 bridgehead atoms. The van der Waals surface area contributed by atoms with Gasteiger partial charge in [0.1, 0.15) is 11.3 Å². The van der Waals surface area contributed by atoms with E-state index in [1.54, 1.807) is 16.7 Å². The molecule has 84 valence electrons. The molecule has 1 unspecified atom stereocenters. The van der Waals surface area contributed by atoms with E-state index in [9.17, 15) is 9.18 Å². The number of H-pyrrole nitrogens is 1. The Morgan fingerprint density at radius 2 is 2.38 bits per heavy atom. The maximum Gasteiger partial charge on any atom is 0.326 e. The van der Waals surface area contributed by atoms with Crippen LogP contribution >= 0.6 is 11.8 Å². The molecule has 2 heterocycles. The van der Waals surface area contributed by atoms with Crippen LogP contribution in [0.2, 0.25) is 0 Å². The maximum absolute atomic E-state index is 13.7. The fraction of sp³-hybridized carbons (Fsp3) is 0.364. The number of rotatable bonds is 1. The van der Waals surface area contributed by atoms with Crippen molar-refractivity contribution in [2.24, 2.45) is 0 Å². The third-order valence-corrected chi connectivity index (χ3v) is 4.10. The summed E-state index contributed by atoms with van der Waals surface area (Å²) in [7, 11) is 0. The van der Waals surface area contributed by atoms with Gasteiger partial charge in [0.25, 0.3) is 0 Å². The fourth-order valence-electron chi connectivity index (χ4n) is 2.21. The van der Waals surface area contributed by atoms with Crippen molar-refractivity contribution in [3.63, 3.8) is 0 Å². The van der Waals surface area contributed by atoms with Crippen molar-refractivity contribution < 1.29 is 4.39 Å². The van der Waals surface area contributed by atoms with Crippen LogP contribution in [-0.4, -0.2) is 21.1 Å². The number of aromatic nitrogens is 2. The third-order valence-electron chi connectivity index (χ3n) is 2.96. The van der Waals surface area contributed by atoms with Crippen molar-refractivity contribution in [2.75, 3.05) is 11.5 Å². The highest BCUT2D eigenvalue weighted by atomic mass is 32.2. The standard InChI is InChI=1S/C11H11FN2OS/c12-8-2-1-3-9-10(8)14(11(15)13-9)7-4-5-16-6-7/h1-3,7H,4-6H2,(H,13,15). The van der Waals surface area contributed by atoms with Gasteiger partial charge in [-0.25, -0.2) is 9.18 Å². The second-order valence-electron chi connectivity index (χ2n) is 3.95. The van der Waals surface area contributed by atoms with Gasteiger partial charge in [-0.1, -0.05) is 6.07 Å². The van der Waals surface area contributed by atoms with E-state index in [4.69, 9.17) is 0 Å². The molecule has 2 aromatic rings. The number of hydrogen-bond donors (Lipinski definition) is 1. The molecule has 1 fully saturated rings. The molecule has 1 aliphatic rings. The van der Waals surface area contributed by atoms with E-state index in [0.717, 1.165) is 17.9 Å². The van der Waals surface area contributed by atoms with E-state index < -0.39 is 0 Å². The van der Waals surface area contributed by atoms with Gasteiger partial charge >= 0.3 is 5.69 Å². The van der Waals surface area contributed by atoms with Crippen molar-refractivity contribution in [1.29, 1.82) is 0 Å². The number of aromatic amines is 1. The molecule has 0 radical (unpaired) electrons. The summed E-state index contributed by atoms with van der Waals surface area (Å²) in [5, 5.41) is 0. The molecule has 1 N–H and O–H groups in total. The minimum Gasteiger partial charge on any atom is -0.305 e. The Bertz CT molecular complexity index is 583. The predicted molar refractivity (Wildman–Crippen MR) is 63.5 cm³/mol. The van der Waals surface area contributed by atoms with Crippen LogP contribution in [0.4, 0.5) is 4.39 Å². The molecule has 5 heteroatoms. The topological polar surface area (TPSA) is 37.8 Å². The zero-order valence-corrected chi connectivity index (χ0v) is 9.39. The van der Waals surface area contributed by atoms with Gasteiger partial charge in [0.05, 0.1) is 5.52 Å². The first-order chi connectivity index (χ1) is 7.77. The number of hydrogen-bond acceptors (Lipinski definition) is 2. The predicted octanol–water partition coefficient (Wildman–Crippen LogP) is 2.15. The quantitative estimate of drug-likeness (QED) is 0.826. The first-order valence-corrected chi connectivity index (χ1v) is 6.39. The molecule has 0 amide bonds. The van der Waals surface area contributed by atoms with Gasteiger partial charge < -0.3 is 4.98 Å². The summed E-state index contributed by atoms with van der Waals surface area (Å²) >= 11 is 1.81. The Morgan fingerprint density at radius 3 is 3.12 bits per heavy atom. The van der Waals surface area contributed by atoms with E-state index in [1.165, 1.54) is 6.07 Å². The Morgan fingerprint density at radius 1 is 1.50 bits per heavy atom. The average Bonchev–Trinajstić information content (AvgIpc) is 2.84. The molecular weight excluding hydrogens is 227 g/mol. The minimum atomic E-state index is -0.326. The Labute approximate surface area is 95.7 Å². The third kappa shape index (κ3) is 1.38. The normalized spacial score (nSPS) is 20.7. The lowest BCUT2D eigenvalue weighted by Gasteiger charge is -2.10. The number of benzene rings is 1. The molecule has 1 aliphatic heterocycles. The number of thioether (sulfide) groups is 1. The van der Waals surface area contributed by atoms with Crippen molar-refractivity contribution in [3.05, 3.63) is 34.5 Å². The van der Waals surface area contributed by atoms with Crippen LogP contribution in [0.25, 0.3) is 11.0 Å². The second kappa shape index (κ2) is 3.66.